The van der Waals surface area contributed by atoms with Crippen molar-refractivity contribution < 1.29 is 4.52 Å². The lowest BCUT2D eigenvalue weighted by molar-refractivity contribution is 0.390. The van der Waals surface area contributed by atoms with E-state index in [4.69, 9.17) is 4.52 Å². The van der Waals surface area contributed by atoms with Crippen LogP contribution >= 0.6 is 0 Å². The molecule has 15 heavy (non-hydrogen) atoms. The van der Waals surface area contributed by atoms with Crippen molar-refractivity contribution in [2.24, 2.45) is 5.92 Å². The van der Waals surface area contributed by atoms with E-state index in [9.17, 15) is 0 Å². The molecule has 1 unspecified atom stereocenters. The van der Waals surface area contributed by atoms with Crippen LogP contribution in [0.2, 0.25) is 0 Å². The highest BCUT2D eigenvalue weighted by Gasteiger charge is 2.21. The molecule has 1 N–H and O–H groups in total. The fraction of sp³-hybridized carbons (Fsp3) is 0.750. The number of nitrogens with zero attached hydrogens (tertiary/aromatic N) is 1. The van der Waals surface area contributed by atoms with Crippen molar-refractivity contribution in [3.63, 3.8) is 0 Å². The number of rotatable bonds is 5. The molecule has 0 bridgehead atoms. The summed E-state index contributed by atoms with van der Waals surface area (Å²) in [5, 5.41) is 7.52. The lowest BCUT2D eigenvalue weighted by Crippen LogP contribution is -2.21. The van der Waals surface area contributed by atoms with E-state index >= 15 is 0 Å². The zero-order chi connectivity index (χ0) is 10.8. The van der Waals surface area contributed by atoms with E-state index in [0.29, 0.717) is 6.04 Å². The highest BCUT2D eigenvalue weighted by Crippen LogP contribution is 2.32. The Morgan fingerprint density at radius 1 is 1.47 bits per heavy atom. The van der Waals surface area contributed by atoms with Crippen LogP contribution < -0.4 is 5.32 Å². The Balaban J connectivity index is 1.85. The molecule has 0 aliphatic heterocycles. The Bertz CT molecular complexity index is 309. The third kappa shape index (κ3) is 2.59. The second kappa shape index (κ2) is 4.35. The minimum absolute atomic E-state index is 0.356. The molecular formula is C12H20N2O. The maximum Gasteiger partial charge on any atom is 0.138 e. The number of aromatic nitrogens is 1. The van der Waals surface area contributed by atoms with Crippen LogP contribution in [0.3, 0.4) is 0 Å². The first-order chi connectivity index (χ1) is 7.18. The lowest BCUT2D eigenvalue weighted by atomic mass is 10.1. The molecule has 3 nitrogen and oxygen atoms in total. The van der Waals surface area contributed by atoms with Crippen LogP contribution in [0.1, 0.15) is 49.2 Å². The summed E-state index contributed by atoms with van der Waals surface area (Å²) in [7, 11) is 0. The van der Waals surface area contributed by atoms with Gasteiger partial charge < -0.3 is 9.84 Å². The Morgan fingerprint density at radius 2 is 2.20 bits per heavy atom. The summed E-state index contributed by atoms with van der Waals surface area (Å²) < 4.78 is 5.17. The van der Waals surface area contributed by atoms with E-state index in [-0.39, 0.29) is 0 Å². The molecule has 1 aliphatic rings. The lowest BCUT2D eigenvalue weighted by Gasteiger charge is -2.13. The van der Waals surface area contributed by atoms with E-state index < -0.39 is 0 Å². The van der Waals surface area contributed by atoms with Gasteiger partial charge in [-0.3, -0.25) is 0 Å². The monoisotopic (exact) mass is 208 g/mol. The average Bonchev–Trinajstić information content (AvgIpc) is 2.93. The third-order valence-electron chi connectivity index (χ3n) is 3.22. The van der Waals surface area contributed by atoms with Gasteiger partial charge in [-0.1, -0.05) is 18.0 Å². The predicted octanol–water partition coefficient (Wildman–Crippen LogP) is 2.74. The molecule has 1 aliphatic carbocycles. The van der Waals surface area contributed by atoms with Gasteiger partial charge in [-0.25, -0.2) is 0 Å². The SMILES string of the molecule is Cc1noc(C)c1C(C)NCCC1CC1. The Hall–Kier alpha value is -0.830. The molecule has 3 heteroatoms. The van der Waals surface area contributed by atoms with Crippen LogP contribution in [0.5, 0.6) is 0 Å². The molecule has 1 aromatic rings. The second-order valence-corrected chi connectivity index (χ2v) is 4.65. The van der Waals surface area contributed by atoms with Gasteiger partial charge >= 0.3 is 0 Å². The maximum absolute atomic E-state index is 5.17. The zero-order valence-electron chi connectivity index (χ0n) is 9.84. The van der Waals surface area contributed by atoms with Crippen LogP contribution in [-0.2, 0) is 0 Å². The van der Waals surface area contributed by atoms with Crippen molar-refractivity contribution in [3.05, 3.63) is 17.0 Å². The number of hydrogen-bond donors (Lipinski definition) is 1. The highest BCUT2D eigenvalue weighted by atomic mass is 16.5. The summed E-state index contributed by atoms with van der Waals surface area (Å²) in [6.07, 6.45) is 4.18. The van der Waals surface area contributed by atoms with E-state index in [1.807, 2.05) is 13.8 Å². The van der Waals surface area contributed by atoms with Crippen LogP contribution in [0.25, 0.3) is 0 Å². The van der Waals surface area contributed by atoms with Crippen molar-refractivity contribution in [1.82, 2.24) is 10.5 Å². The molecule has 0 radical (unpaired) electrons. The Morgan fingerprint density at radius 3 is 2.73 bits per heavy atom. The molecule has 0 spiro atoms. The van der Waals surface area contributed by atoms with Gasteiger partial charge in [0.25, 0.3) is 0 Å². The summed E-state index contributed by atoms with van der Waals surface area (Å²) >= 11 is 0. The van der Waals surface area contributed by atoms with Crippen molar-refractivity contribution >= 4 is 0 Å². The quantitative estimate of drug-likeness (QED) is 0.808. The molecular weight excluding hydrogens is 188 g/mol. The molecule has 0 aromatic carbocycles. The van der Waals surface area contributed by atoms with Gasteiger partial charge in [0.15, 0.2) is 0 Å². The summed E-state index contributed by atoms with van der Waals surface area (Å²) in [4.78, 5) is 0. The van der Waals surface area contributed by atoms with Gasteiger partial charge in [0, 0.05) is 11.6 Å². The van der Waals surface area contributed by atoms with E-state index in [1.54, 1.807) is 0 Å². The molecule has 0 saturated heterocycles. The summed E-state index contributed by atoms with van der Waals surface area (Å²) in [6, 6.07) is 0.356. The van der Waals surface area contributed by atoms with Crippen LogP contribution in [-0.4, -0.2) is 11.7 Å². The smallest absolute Gasteiger partial charge is 0.138 e. The maximum atomic E-state index is 5.17. The minimum atomic E-state index is 0.356. The number of nitrogens with one attached hydrogen (secondary N) is 1. The summed E-state index contributed by atoms with van der Waals surface area (Å²) in [5.41, 5.74) is 2.24. The number of aryl methyl sites for hydroxylation is 2. The molecule has 2 rings (SSSR count). The predicted molar refractivity (Wildman–Crippen MR) is 59.7 cm³/mol. The van der Waals surface area contributed by atoms with Crippen LogP contribution in [0, 0.1) is 19.8 Å². The van der Waals surface area contributed by atoms with E-state index in [2.05, 4.69) is 17.4 Å². The summed E-state index contributed by atoms with van der Waals surface area (Å²) in [6.45, 7) is 7.27. The van der Waals surface area contributed by atoms with Gasteiger partial charge in [-0.2, -0.15) is 0 Å². The fourth-order valence-corrected chi connectivity index (χ4v) is 2.12. The molecule has 0 amide bonds. The summed E-state index contributed by atoms with van der Waals surface area (Å²) in [5.74, 6) is 1.94. The van der Waals surface area contributed by atoms with E-state index in [0.717, 1.165) is 23.9 Å². The Labute approximate surface area is 91.2 Å². The first-order valence-corrected chi connectivity index (χ1v) is 5.84. The van der Waals surface area contributed by atoms with Crippen molar-refractivity contribution in [3.8, 4) is 0 Å². The second-order valence-electron chi connectivity index (χ2n) is 4.65. The first-order valence-electron chi connectivity index (χ1n) is 5.84. The van der Waals surface area contributed by atoms with Gasteiger partial charge in [0.2, 0.25) is 0 Å². The normalized spacial score (nSPS) is 18.1. The minimum Gasteiger partial charge on any atom is -0.361 e. The highest BCUT2D eigenvalue weighted by molar-refractivity contribution is 5.24. The standard InChI is InChI=1S/C12H20N2O/c1-8(13-7-6-11-4-5-11)12-9(2)14-15-10(12)3/h8,11,13H,4-7H2,1-3H3. The number of hydrogen-bond acceptors (Lipinski definition) is 3. The third-order valence-corrected chi connectivity index (χ3v) is 3.22. The van der Waals surface area contributed by atoms with E-state index in [1.165, 1.54) is 24.8 Å². The van der Waals surface area contributed by atoms with Gasteiger partial charge in [0.1, 0.15) is 5.76 Å². The van der Waals surface area contributed by atoms with Crippen molar-refractivity contribution in [2.45, 2.75) is 46.1 Å². The topological polar surface area (TPSA) is 38.1 Å². The average molecular weight is 208 g/mol. The van der Waals surface area contributed by atoms with Gasteiger partial charge in [0.05, 0.1) is 5.69 Å². The van der Waals surface area contributed by atoms with Crippen molar-refractivity contribution in [2.75, 3.05) is 6.54 Å². The Kier molecular flexibility index (Phi) is 3.10. The fourth-order valence-electron chi connectivity index (χ4n) is 2.12. The molecule has 1 aromatic heterocycles. The molecule has 84 valence electrons. The van der Waals surface area contributed by atoms with Crippen molar-refractivity contribution in [1.29, 1.82) is 0 Å². The molecule has 1 atom stereocenters. The van der Waals surface area contributed by atoms with Gasteiger partial charge in [-0.05, 0) is 39.7 Å². The van der Waals surface area contributed by atoms with Crippen LogP contribution in [0.15, 0.2) is 4.52 Å². The largest absolute Gasteiger partial charge is 0.361 e. The van der Waals surface area contributed by atoms with Gasteiger partial charge in [-0.15, -0.1) is 0 Å². The zero-order valence-corrected chi connectivity index (χ0v) is 9.84. The molecule has 1 fully saturated rings. The molecule has 1 saturated carbocycles. The van der Waals surface area contributed by atoms with Crippen LogP contribution in [0.4, 0.5) is 0 Å². The first kappa shape index (κ1) is 10.7. The molecule has 1 heterocycles.